The topological polar surface area (TPSA) is 30.9 Å². The molecule has 2 nitrogen and oxygen atoms in total. The number of nitrogens with zero attached hydrogens (tertiary/aromatic N) is 1. The minimum Gasteiger partial charge on any atom is -0.348 e. The summed E-state index contributed by atoms with van der Waals surface area (Å²) in [6.07, 6.45) is 8.07. The largest absolute Gasteiger partial charge is 0.348 e. The summed E-state index contributed by atoms with van der Waals surface area (Å²) in [6, 6.07) is 4.55. The van der Waals surface area contributed by atoms with E-state index in [1.807, 2.05) is 11.3 Å². The fraction of sp³-hybridized carbons (Fsp3) is 0.385. The number of hydrogen-bond acceptors (Lipinski definition) is 2. The van der Waals surface area contributed by atoms with Gasteiger partial charge in [0.2, 0.25) is 0 Å². The first kappa shape index (κ1) is 10.1. The van der Waals surface area contributed by atoms with Crippen LogP contribution in [0.15, 0.2) is 29.9 Å². The molecule has 2 N–H and O–H groups in total. The minimum atomic E-state index is 0.258. The third-order valence-corrected chi connectivity index (χ3v) is 4.14. The second kappa shape index (κ2) is 4.07. The lowest BCUT2D eigenvalue weighted by Crippen LogP contribution is -2.15. The number of hydrogen-bond donors (Lipinski definition) is 1. The van der Waals surface area contributed by atoms with Crippen molar-refractivity contribution in [2.24, 2.45) is 5.73 Å². The van der Waals surface area contributed by atoms with Gasteiger partial charge in [-0.1, -0.05) is 6.07 Å². The summed E-state index contributed by atoms with van der Waals surface area (Å²) in [7, 11) is 0. The van der Waals surface area contributed by atoms with Gasteiger partial charge >= 0.3 is 0 Å². The second-order valence-electron chi connectivity index (χ2n) is 4.49. The van der Waals surface area contributed by atoms with E-state index in [9.17, 15) is 0 Å². The van der Waals surface area contributed by atoms with Crippen LogP contribution in [0.1, 0.15) is 34.9 Å². The molecule has 0 aromatic carbocycles. The standard InChI is InChI=1S/C13H16N2S/c14-13-5-1-3-10-7-15(9-12(10)13)8-11-4-2-6-16-11/h2,4,6-7,9,13H,1,3,5,8,14H2. The van der Waals surface area contributed by atoms with Gasteiger partial charge in [-0.25, -0.2) is 0 Å². The van der Waals surface area contributed by atoms with E-state index in [0.29, 0.717) is 0 Å². The lowest BCUT2D eigenvalue weighted by Gasteiger charge is -2.17. The molecule has 3 heteroatoms. The average Bonchev–Trinajstić information content (AvgIpc) is 2.88. The van der Waals surface area contributed by atoms with Crippen LogP contribution in [0.3, 0.4) is 0 Å². The Labute approximate surface area is 99.7 Å². The summed E-state index contributed by atoms with van der Waals surface area (Å²) in [5.74, 6) is 0. The second-order valence-corrected chi connectivity index (χ2v) is 5.52. The average molecular weight is 232 g/mol. The zero-order valence-corrected chi connectivity index (χ0v) is 10.0. The molecule has 2 aromatic heterocycles. The summed E-state index contributed by atoms with van der Waals surface area (Å²) in [6.45, 7) is 0.984. The van der Waals surface area contributed by atoms with Crippen LogP contribution < -0.4 is 5.73 Å². The molecule has 0 spiro atoms. The third kappa shape index (κ3) is 1.81. The van der Waals surface area contributed by atoms with Crippen molar-refractivity contribution in [3.05, 3.63) is 45.9 Å². The summed E-state index contributed by atoms with van der Waals surface area (Å²) < 4.78 is 2.28. The van der Waals surface area contributed by atoms with E-state index in [1.54, 1.807) is 0 Å². The molecule has 0 bridgehead atoms. The van der Waals surface area contributed by atoms with E-state index in [-0.39, 0.29) is 6.04 Å². The van der Waals surface area contributed by atoms with E-state index >= 15 is 0 Å². The predicted octanol–water partition coefficient (Wildman–Crippen LogP) is 2.93. The molecule has 0 radical (unpaired) electrons. The van der Waals surface area contributed by atoms with Crippen molar-refractivity contribution in [3.63, 3.8) is 0 Å². The molecule has 0 aliphatic heterocycles. The van der Waals surface area contributed by atoms with Crippen LogP contribution >= 0.6 is 11.3 Å². The van der Waals surface area contributed by atoms with Crippen LogP contribution in [0.25, 0.3) is 0 Å². The van der Waals surface area contributed by atoms with Crippen molar-refractivity contribution >= 4 is 11.3 Å². The molecular weight excluding hydrogens is 216 g/mol. The Bertz CT molecular complexity index is 470. The Hall–Kier alpha value is -1.06. The van der Waals surface area contributed by atoms with E-state index in [0.717, 1.165) is 13.0 Å². The smallest absolute Gasteiger partial charge is 0.0563 e. The van der Waals surface area contributed by atoms with Gasteiger partial charge < -0.3 is 10.3 Å². The SMILES string of the molecule is NC1CCCc2cn(Cc3cccs3)cc21. The van der Waals surface area contributed by atoms with Crippen molar-refractivity contribution < 1.29 is 0 Å². The highest BCUT2D eigenvalue weighted by molar-refractivity contribution is 7.09. The number of nitrogens with two attached hydrogens (primary N) is 1. The highest BCUT2D eigenvalue weighted by Crippen LogP contribution is 2.29. The lowest BCUT2D eigenvalue weighted by molar-refractivity contribution is 0.573. The molecule has 2 heterocycles. The van der Waals surface area contributed by atoms with E-state index < -0.39 is 0 Å². The van der Waals surface area contributed by atoms with Crippen LogP contribution in [-0.2, 0) is 13.0 Å². The van der Waals surface area contributed by atoms with Crippen molar-refractivity contribution in [2.75, 3.05) is 0 Å². The zero-order chi connectivity index (χ0) is 11.0. The molecule has 0 amide bonds. The number of aryl methyl sites for hydroxylation is 1. The molecule has 84 valence electrons. The molecule has 1 unspecified atom stereocenters. The van der Waals surface area contributed by atoms with Crippen molar-refractivity contribution in [3.8, 4) is 0 Å². The van der Waals surface area contributed by atoms with Crippen LogP contribution in [0.5, 0.6) is 0 Å². The highest BCUT2D eigenvalue weighted by atomic mass is 32.1. The first-order valence-electron chi connectivity index (χ1n) is 5.79. The number of rotatable bonds is 2. The maximum Gasteiger partial charge on any atom is 0.0563 e. The fourth-order valence-electron chi connectivity index (χ4n) is 2.46. The van der Waals surface area contributed by atoms with E-state index in [1.165, 1.54) is 28.8 Å². The van der Waals surface area contributed by atoms with Gasteiger partial charge in [0.25, 0.3) is 0 Å². The lowest BCUT2D eigenvalue weighted by atomic mass is 9.92. The van der Waals surface area contributed by atoms with Crippen molar-refractivity contribution in [2.45, 2.75) is 31.8 Å². The van der Waals surface area contributed by atoms with Gasteiger partial charge in [-0.15, -0.1) is 11.3 Å². The van der Waals surface area contributed by atoms with Gasteiger partial charge in [0.15, 0.2) is 0 Å². The van der Waals surface area contributed by atoms with E-state index in [4.69, 9.17) is 5.73 Å². The molecular formula is C13H16N2S. The van der Waals surface area contributed by atoms with Crippen LogP contribution in [-0.4, -0.2) is 4.57 Å². The third-order valence-electron chi connectivity index (χ3n) is 3.28. The van der Waals surface area contributed by atoms with Crippen molar-refractivity contribution in [1.82, 2.24) is 4.57 Å². The first-order chi connectivity index (χ1) is 7.83. The maximum absolute atomic E-state index is 6.12. The van der Waals surface area contributed by atoms with Gasteiger partial charge in [0.05, 0.1) is 6.54 Å². The molecule has 1 atom stereocenters. The Morgan fingerprint density at radius 1 is 1.44 bits per heavy atom. The van der Waals surface area contributed by atoms with Crippen LogP contribution in [0.2, 0.25) is 0 Å². The predicted molar refractivity (Wildman–Crippen MR) is 67.7 cm³/mol. The minimum absolute atomic E-state index is 0.258. The van der Waals surface area contributed by atoms with Gasteiger partial charge in [0.1, 0.15) is 0 Å². The summed E-state index contributed by atoms with van der Waals surface area (Å²) in [4.78, 5) is 1.40. The zero-order valence-electron chi connectivity index (χ0n) is 9.23. The summed E-state index contributed by atoms with van der Waals surface area (Å²) in [5, 5.41) is 2.13. The normalized spacial score (nSPS) is 19.7. The van der Waals surface area contributed by atoms with Crippen molar-refractivity contribution in [1.29, 1.82) is 0 Å². The fourth-order valence-corrected chi connectivity index (χ4v) is 3.17. The molecule has 0 saturated carbocycles. The van der Waals surface area contributed by atoms with Gasteiger partial charge in [-0.05, 0) is 41.8 Å². The monoisotopic (exact) mass is 232 g/mol. The molecule has 1 aliphatic rings. The molecule has 0 fully saturated rings. The van der Waals surface area contributed by atoms with Gasteiger partial charge in [-0.2, -0.15) is 0 Å². The first-order valence-corrected chi connectivity index (χ1v) is 6.67. The Morgan fingerprint density at radius 2 is 2.38 bits per heavy atom. The maximum atomic E-state index is 6.12. The molecule has 0 saturated heterocycles. The molecule has 1 aliphatic carbocycles. The molecule has 3 rings (SSSR count). The Morgan fingerprint density at radius 3 is 3.12 bits per heavy atom. The molecule has 2 aromatic rings. The Balaban J connectivity index is 1.87. The summed E-state index contributed by atoms with van der Waals surface area (Å²) in [5.41, 5.74) is 8.94. The summed E-state index contributed by atoms with van der Waals surface area (Å²) >= 11 is 1.81. The number of fused-ring (bicyclic) bond motifs is 1. The van der Waals surface area contributed by atoms with Crippen LogP contribution in [0, 0.1) is 0 Å². The molecule has 16 heavy (non-hydrogen) atoms. The highest BCUT2D eigenvalue weighted by Gasteiger charge is 2.18. The number of thiophene rings is 1. The quantitative estimate of drug-likeness (QED) is 0.848. The number of aromatic nitrogens is 1. The van der Waals surface area contributed by atoms with Gasteiger partial charge in [-0.3, -0.25) is 0 Å². The van der Waals surface area contributed by atoms with Gasteiger partial charge in [0, 0.05) is 23.3 Å². The Kier molecular flexibility index (Phi) is 2.58. The van der Waals surface area contributed by atoms with Crippen LogP contribution in [0.4, 0.5) is 0 Å². The van der Waals surface area contributed by atoms with E-state index in [2.05, 4.69) is 34.5 Å².